The topological polar surface area (TPSA) is 47.6 Å². The summed E-state index contributed by atoms with van der Waals surface area (Å²) in [6.07, 6.45) is 1.34. The zero-order valence-corrected chi connectivity index (χ0v) is 18.0. The Morgan fingerprint density at radius 2 is 1.67 bits per heavy atom. The fourth-order valence-corrected chi connectivity index (χ4v) is 4.24. The van der Waals surface area contributed by atoms with E-state index in [4.69, 9.17) is 21.1 Å². The van der Waals surface area contributed by atoms with Crippen molar-refractivity contribution in [2.75, 3.05) is 18.5 Å². The van der Waals surface area contributed by atoms with Gasteiger partial charge in [0, 0.05) is 34.7 Å². The third kappa shape index (κ3) is 4.03. The molecule has 3 aromatic rings. The average molecular weight is 424 g/mol. The quantitative estimate of drug-likeness (QED) is 0.550. The number of hydrogen-bond donors (Lipinski definition) is 1. The monoisotopic (exact) mass is 423 g/mol. The first-order valence-electron chi connectivity index (χ1n) is 10.3. The second-order valence-electron chi connectivity index (χ2n) is 7.98. The lowest BCUT2D eigenvalue weighted by Gasteiger charge is -2.36. The Labute approximate surface area is 182 Å². The van der Waals surface area contributed by atoms with E-state index in [2.05, 4.69) is 5.32 Å². The minimum atomic E-state index is -0.642. The van der Waals surface area contributed by atoms with Crippen molar-refractivity contribution < 1.29 is 14.3 Å². The van der Waals surface area contributed by atoms with Crippen LogP contribution >= 0.6 is 11.6 Å². The molecule has 3 aromatic carbocycles. The molecule has 4 nitrogen and oxygen atoms in total. The van der Waals surface area contributed by atoms with Crippen LogP contribution in [0.4, 0.5) is 5.69 Å². The molecule has 1 aliphatic rings. The van der Waals surface area contributed by atoms with Crippen LogP contribution in [0.2, 0.25) is 5.02 Å². The number of hydrogen-bond acceptors (Lipinski definition) is 3. The molecule has 156 valence electrons. The van der Waals surface area contributed by atoms with Crippen LogP contribution in [0.3, 0.4) is 0 Å². The molecule has 1 fully saturated rings. The van der Waals surface area contributed by atoms with Gasteiger partial charge in [0.15, 0.2) is 0 Å². The van der Waals surface area contributed by atoms with Crippen LogP contribution in [0.5, 0.6) is 5.75 Å². The van der Waals surface area contributed by atoms with Gasteiger partial charge in [0.2, 0.25) is 5.91 Å². The highest BCUT2D eigenvalue weighted by Crippen LogP contribution is 2.38. The van der Waals surface area contributed by atoms with E-state index in [1.807, 2.05) is 74.5 Å². The maximum Gasteiger partial charge on any atom is 0.235 e. The Morgan fingerprint density at radius 1 is 1.00 bits per heavy atom. The highest BCUT2D eigenvalue weighted by molar-refractivity contribution is 6.30. The molecule has 0 aliphatic carbocycles. The number of amides is 1. The highest BCUT2D eigenvalue weighted by Gasteiger charge is 2.41. The van der Waals surface area contributed by atoms with E-state index in [0.29, 0.717) is 31.1 Å². The van der Waals surface area contributed by atoms with Crippen LogP contribution in [0.25, 0.3) is 10.8 Å². The average Bonchev–Trinajstić information content (AvgIpc) is 2.76. The number of fused-ring (bicyclic) bond motifs is 1. The van der Waals surface area contributed by atoms with Gasteiger partial charge in [-0.2, -0.15) is 0 Å². The molecule has 1 heterocycles. The van der Waals surface area contributed by atoms with E-state index in [-0.39, 0.29) is 12.0 Å². The summed E-state index contributed by atoms with van der Waals surface area (Å²) in [6.45, 7) is 5.12. The van der Waals surface area contributed by atoms with Gasteiger partial charge in [-0.05, 0) is 56.5 Å². The van der Waals surface area contributed by atoms with E-state index in [1.165, 1.54) is 0 Å². The van der Waals surface area contributed by atoms with Crippen molar-refractivity contribution in [1.29, 1.82) is 0 Å². The molecule has 1 aliphatic heterocycles. The predicted octanol–water partition coefficient (Wildman–Crippen LogP) is 5.97. The molecule has 1 saturated heterocycles. The van der Waals surface area contributed by atoms with Gasteiger partial charge in [-0.15, -0.1) is 0 Å². The molecular formula is C25H26ClNO3. The molecule has 0 aromatic heterocycles. The van der Waals surface area contributed by atoms with Crippen LogP contribution in [-0.4, -0.2) is 25.2 Å². The van der Waals surface area contributed by atoms with E-state index >= 15 is 0 Å². The molecule has 5 heteroatoms. The number of halogens is 1. The zero-order valence-electron chi connectivity index (χ0n) is 17.3. The van der Waals surface area contributed by atoms with Crippen molar-refractivity contribution in [3.63, 3.8) is 0 Å². The first-order valence-corrected chi connectivity index (χ1v) is 10.7. The molecule has 0 saturated carbocycles. The number of anilines is 1. The summed E-state index contributed by atoms with van der Waals surface area (Å²) >= 11 is 6.08. The van der Waals surface area contributed by atoms with Gasteiger partial charge < -0.3 is 14.8 Å². The Hall–Kier alpha value is -2.56. The van der Waals surface area contributed by atoms with E-state index in [1.54, 1.807) is 0 Å². The molecule has 0 atom stereocenters. The van der Waals surface area contributed by atoms with Crippen LogP contribution in [0.15, 0.2) is 60.7 Å². The Balaban J connectivity index is 1.71. The summed E-state index contributed by atoms with van der Waals surface area (Å²) in [5.41, 5.74) is 1.11. The van der Waals surface area contributed by atoms with Gasteiger partial charge >= 0.3 is 0 Å². The largest absolute Gasteiger partial charge is 0.490 e. The molecule has 1 N–H and O–H groups in total. The van der Waals surface area contributed by atoms with Crippen LogP contribution in [0.1, 0.15) is 32.3 Å². The molecule has 0 radical (unpaired) electrons. The third-order valence-electron chi connectivity index (χ3n) is 5.67. The number of rotatable bonds is 5. The molecule has 0 spiro atoms. The Kier molecular flexibility index (Phi) is 5.98. The second-order valence-corrected chi connectivity index (χ2v) is 8.42. The molecular weight excluding hydrogens is 398 g/mol. The second kappa shape index (κ2) is 8.66. The molecule has 0 bridgehead atoms. The number of benzene rings is 3. The SMILES string of the molecule is CC(C)Oc1ccc(NC(=O)C2(c3ccc(Cl)cc3)CCOCC2)c2ccccc12. The van der Waals surface area contributed by atoms with Gasteiger partial charge in [-0.3, -0.25) is 4.79 Å². The fraction of sp³-hybridized carbons (Fsp3) is 0.320. The molecule has 30 heavy (non-hydrogen) atoms. The van der Waals surface area contributed by atoms with Crippen LogP contribution in [0, 0.1) is 0 Å². The van der Waals surface area contributed by atoms with Crippen molar-refractivity contribution in [3.05, 3.63) is 71.2 Å². The number of ether oxygens (including phenoxy) is 2. The van der Waals surface area contributed by atoms with Gasteiger partial charge in [-0.25, -0.2) is 0 Å². The van der Waals surface area contributed by atoms with Crippen molar-refractivity contribution >= 4 is 34.0 Å². The summed E-state index contributed by atoms with van der Waals surface area (Å²) in [5.74, 6) is 0.799. The standard InChI is InChI=1S/C25H26ClNO3/c1-17(2)30-23-12-11-22(20-5-3-4-6-21(20)23)27-24(28)25(13-15-29-16-14-25)18-7-9-19(26)10-8-18/h3-12,17H,13-16H2,1-2H3,(H,27,28). The first-order chi connectivity index (χ1) is 14.5. The number of carbonyl (C=O) groups is 1. The van der Waals surface area contributed by atoms with Crippen molar-refractivity contribution in [2.24, 2.45) is 0 Å². The van der Waals surface area contributed by atoms with Crippen molar-refractivity contribution in [1.82, 2.24) is 0 Å². The number of carbonyl (C=O) groups excluding carboxylic acids is 1. The van der Waals surface area contributed by atoms with E-state index in [9.17, 15) is 4.79 Å². The highest BCUT2D eigenvalue weighted by atomic mass is 35.5. The van der Waals surface area contributed by atoms with Gasteiger partial charge in [0.1, 0.15) is 5.75 Å². The lowest BCUT2D eigenvalue weighted by Crippen LogP contribution is -2.44. The van der Waals surface area contributed by atoms with Crippen molar-refractivity contribution in [2.45, 2.75) is 38.2 Å². The Morgan fingerprint density at radius 3 is 2.33 bits per heavy atom. The van der Waals surface area contributed by atoms with E-state index < -0.39 is 5.41 Å². The smallest absolute Gasteiger partial charge is 0.235 e. The summed E-state index contributed by atoms with van der Waals surface area (Å²) in [7, 11) is 0. The lowest BCUT2D eigenvalue weighted by molar-refractivity contribution is -0.125. The van der Waals surface area contributed by atoms with Gasteiger partial charge in [-0.1, -0.05) is 48.0 Å². The maximum atomic E-state index is 13.7. The lowest BCUT2D eigenvalue weighted by atomic mass is 9.73. The minimum absolute atomic E-state index is 0.0178. The normalized spacial score (nSPS) is 15.9. The van der Waals surface area contributed by atoms with Crippen molar-refractivity contribution in [3.8, 4) is 5.75 Å². The first kappa shape index (κ1) is 20.7. The molecule has 0 unspecified atom stereocenters. The zero-order chi connectivity index (χ0) is 21.1. The summed E-state index contributed by atoms with van der Waals surface area (Å²) in [6, 6.07) is 19.4. The molecule has 4 rings (SSSR count). The van der Waals surface area contributed by atoms with Crippen LogP contribution in [-0.2, 0) is 14.9 Å². The molecule has 1 amide bonds. The predicted molar refractivity (Wildman–Crippen MR) is 122 cm³/mol. The summed E-state index contributed by atoms with van der Waals surface area (Å²) in [5, 5.41) is 5.81. The minimum Gasteiger partial charge on any atom is -0.490 e. The van der Waals surface area contributed by atoms with Gasteiger partial charge in [0.25, 0.3) is 0 Å². The Bertz CT molecular complexity index is 1040. The van der Waals surface area contributed by atoms with Gasteiger partial charge in [0.05, 0.1) is 11.5 Å². The number of nitrogens with one attached hydrogen (secondary N) is 1. The summed E-state index contributed by atoms with van der Waals surface area (Å²) < 4.78 is 11.5. The maximum absolute atomic E-state index is 13.7. The van der Waals surface area contributed by atoms with Crippen LogP contribution < -0.4 is 10.1 Å². The summed E-state index contributed by atoms with van der Waals surface area (Å²) in [4.78, 5) is 13.7. The third-order valence-corrected chi connectivity index (χ3v) is 5.92. The van der Waals surface area contributed by atoms with E-state index in [0.717, 1.165) is 27.8 Å². The fourth-order valence-electron chi connectivity index (χ4n) is 4.11.